The topological polar surface area (TPSA) is 116 Å². The van der Waals surface area contributed by atoms with E-state index in [1.165, 1.54) is 0 Å². The van der Waals surface area contributed by atoms with Crippen molar-refractivity contribution in [2.24, 2.45) is 0 Å². The van der Waals surface area contributed by atoms with Crippen LogP contribution in [-0.2, 0) is 16.1 Å². The third-order valence-electron chi connectivity index (χ3n) is 7.18. The summed E-state index contributed by atoms with van der Waals surface area (Å²) in [5.41, 5.74) is 1.71. The van der Waals surface area contributed by atoms with E-state index in [9.17, 15) is 24.0 Å². The second-order valence-electron chi connectivity index (χ2n) is 9.44. The summed E-state index contributed by atoms with van der Waals surface area (Å²) in [7, 11) is 0. The molecule has 9 heteroatoms. The lowest BCUT2D eigenvalue weighted by Crippen LogP contribution is -2.54. The minimum absolute atomic E-state index is 0.0558. The molecule has 2 N–H and O–H groups in total. The minimum atomic E-state index is -1.03. The molecule has 1 atom stereocenters. The first-order valence-corrected chi connectivity index (χ1v) is 12.4. The summed E-state index contributed by atoms with van der Waals surface area (Å²) >= 11 is 0. The van der Waals surface area contributed by atoms with Gasteiger partial charge >= 0.3 is 6.03 Å². The SMILES string of the molecule is O=C1CCC(N2C(=O)c3cccc(CNC(=O)N(c4ccccc4)C4CCCCC4)c3C2=O)C(=O)N1. The number of carbonyl (C=O) groups is 5. The van der Waals surface area contributed by atoms with Crippen molar-refractivity contribution in [3.05, 3.63) is 65.2 Å². The number of urea groups is 1. The first-order valence-electron chi connectivity index (χ1n) is 12.4. The second-order valence-corrected chi connectivity index (χ2v) is 9.44. The Morgan fingerprint density at radius 1 is 0.917 bits per heavy atom. The van der Waals surface area contributed by atoms with Crippen molar-refractivity contribution in [2.45, 2.75) is 63.6 Å². The quantitative estimate of drug-likeness (QED) is 0.628. The zero-order valence-electron chi connectivity index (χ0n) is 19.9. The molecule has 0 aromatic heterocycles. The Morgan fingerprint density at radius 3 is 2.39 bits per heavy atom. The number of amides is 6. The number of imide groups is 2. The zero-order chi connectivity index (χ0) is 25.2. The number of rotatable bonds is 5. The molecule has 1 saturated heterocycles. The molecule has 1 saturated carbocycles. The average molecular weight is 489 g/mol. The van der Waals surface area contributed by atoms with Crippen LogP contribution in [0.4, 0.5) is 10.5 Å². The summed E-state index contributed by atoms with van der Waals surface area (Å²) in [5.74, 6) is -2.22. The molecule has 0 bridgehead atoms. The molecule has 5 rings (SSSR count). The fourth-order valence-electron chi connectivity index (χ4n) is 5.41. The summed E-state index contributed by atoms with van der Waals surface area (Å²) in [6, 6.07) is 13.2. The highest BCUT2D eigenvalue weighted by atomic mass is 16.2. The van der Waals surface area contributed by atoms with E-state index in [1.807, 2.05) is 30.3 Å². The van der Waals surface area contributed by atoms with Gasteiger partial charge in [-0.2, -0.15) is 0 Å². The van der Waals surface area contributed by atoms with Crippen LogP contribution in [0, 0.1) is 0 Å². The standard InChI is InChI=1S/C27H28N4O5/c32-22-15-14-21(24(33)29-22)31-25(34)20-13-7-8-17(23(20)26(31)35)16-28-27(36)30(18-9-3-1-4-10-18)19-11-5-2-6-12-19/h1,3-4,7-10,13,19,21H,2,5-6,11-12,14-16H2,(H,28,36)(H,29,32,33). The monoisotopic (exact) mass is 488 g/mol. The number of para-hydroxylation sites is 1. The first-order chi connectivity index (χ1) is 17.5. The van der Waals surface area contributed by atoms with Gasteiger partial charge in [-0.3, -0.25) is 34.3 Å². The second kappa shape index (κ2) is 9.93. The molecule has 2 aromatic carbocycles. The predicted octanol–water partition coefficient (Wildman–Crippen LogP) is 3.14. The molecule has 36 heavy (non-hydrogen) atoms. The number of anilines is 1. The Balaban J connectivity index is 1.36. The van der Waals surface area contributed by atoms with E-state index in [0.717, 1.165) is 42.7 Å². The number of fused-ring (bicyclic) bond motifs is 1. The van der Waals surface area contributed by atoms with Gasteiger partial charge < -0.3 is 5.32 Å². The molecule has 2 fully saturated rings. The van der Waals surface area contributed by atoms with Crippen molar-refractivity contribution in [2.75, 3.05) is 4.90 Å². The van der Waals surface area contributed by atoms with Gasteiger partial charge in [-0.05, 0) is 43.0 Å². The Bertz CT molecular complexity index is 1220. The highest BCUT2D eigenvalue weighted by molar-refractivity contribution is 6.24. The molecule has 0 spiro atoms. The maximum Gasteiger partial charge on any atom is 0.322 e. The van der Waals surface area contributed by atoms with E-state index in [1.54, 1.807) is 23.1 Å². The van der Waals surface area contributed by atoms with Gasteiger partial charge in [0.25, 0.3) is 11.8 Å². The van der Waals surface area contributed by atoms with E-state index in [2.05, 4.69) is 10.6 Å². The van der Waals surface area contributed by atoms with Gasteiger partial charge in [-0.15, -0.1) is 0 Å². The molecule has 2 aromatic rings. The summed E-state index contributed by atoms with van der Waals surface area (Å²) < 4.78 is 0. The molecular weight excluding hydrogens is 460 g/mol. The fraction of sp³-hybridized carbons (Fsp3) is 0.370. The zero-order valence-corrected chi connectivity index (χ0v) is 19.9. The van der Waals surface area contributed by atoms with Gasteiger partial charge in [0.05, 0.1) is 11.1 Å². The normalized spacial score (nSPS) is 20.2. The molecule has 1 unspecified atom stereocenters. The van der Waals surface area contributed by atoms with Gasteiger partial charge in [0.1, 0.15) is 6.04 Å². The number of nitrogens with one attached hydrogen (secondary N) is 2. The van der Waals surface area contributed by atoms with E-state index in [-0.39, 0.29) is 42.6 Å². The van der Waals surface area contributed by atoms with Crippen LogP contribution in [0.3, 0.4) is 0 Å². The number of piperidine rings is 1. The largest absolute Gasteiger partial charge is 0.334 e. The van der Waals surface area contributed by atoms with Crippen molar-refractivity contribution >= 4 is 35.3 Å². The van der Waals surface area contributed by atoms with Crippen LogP contribution in [0.1, 0.15) is 71.2 Å². The van der Waals surface area contributed by atoms with Gasteiger partial charge in [-0.25, -0.2) is 4.79 Å². The Morgan fingerprint density at radius 2 is 1.67 bits per heavy atom. The molecule has 3 aliphatic rings. The van der Waals surface area contributed by atoms with E-state index >= 15 is 0 Å². The van der Waals surface area contributed by atoms with Crippen LogP contribution in [0.15, 0.2) is 48.5 Å². The highest BCUT2D eigenvalue weighted by Gasteiger charge is 2.45. The van der Waals surface area contributed by atoms with Crippen LogP contribution in [0.2, 0.25) is 0 Å². The number of carbonyl (C=O) groups excluding carboxylic acids is 5. The van der Waals surface area contributed by atoms with Gasteiger partial charge in [0.2, 0.25) is 11.8 Å². The van der Waals surface area contributed by atoms with Crippen molar-refractivity contribution in [3.8, 4) is 0 Å². The van der Waals surface area contributed by atoms with Crippen LogP contribution >= 0.6 is 0 Å². The van der Waals surface area contributed by atoms with E-state index in [0.29, 0.717) is 5.56 Å². The van der Waals surface area contributed by atoms with Gasteiger partial charge in [0, 0.05) is 24.7 Å². The summed E-state index contributed by atoms with van der Waals surface area (Å²) in [6.07, 6.45) is 5.31. The maximum absolute atomic E-state index is 13.4. The lowest BCUT2D eigenvalue weighted by Gasteiger charge is -2.34. The minimum Gasteiger partial charge on any atom is -0.334 e. The molecule has 2 aliphatic heterocycles. The molecule has 9 nitrogen and oxygen atoms in total. The molecule has 6 amide bonds. The van der Waals surface area contributed by atoms with Crippen molar-refractivity contribution in [1.82, 2.24) is 15.5 Å². The lowest BCUT2D eigenvalue weighted by atomic mass is 9.94. The lowest BCUT2D eigenvalue weighted by molar-refractivity contribution is -0.136. The van der Waals surface area contributed by atoms with Gasteiger partial charge in [0.15, 0.2) is 0 Å². The molecular formula is C27H28N4O5. The van der Waals surface area contributed by atoms with Crippen LogP contribution < -0.4 is 15.5 Å². The van der Waals surface area contributed by atoms with Gasteiger partial charge in [-0.1, -0.05) is 49.6 Å². The smallest absolute Gasteiger partial charge is 0.322 e. The van der Waals surface area contributed by atoms with Crippen molar-refractivity contribution < 1.29 is 24.0 Å². The third kappa shape index (κ3) is 4.36. The van der Waals surface area contributed by atoms with Crippen molar-refractivity contribution in [1.29, 1.82) is 0 Å². The molecule has 2 heterocycles. The number of hydrogen-bond acceptors (Lipinski definition) is 5. The first kappa shape index (κ1) is 23.7. The summed E-state index contributed by atoms with van der Waals surface area (Å²) in [4.78, 5) is 66.4. The van der Waals surface area contributed by atoms with Crippen molar-refractivity contribution in [3.63, 3.8) is 0 Å². The summed E-state index contributed by atoms with van der Waals surface area (Å²) in [6.45, 7) is 0.0558. The van der Waals surface area contributed by atoms with Crippen LogP contribution in [0.25, 0.3) is 0 Å². The molecule has 1 aliphatic carbocycles. The van der Waals surface area contributed by atoms with E-state index < -0.39 is 29.7 Å². The van der Waals surface area contributed by atoms with Crippen LogP contribution in [-0.4, -0.2) is 46.6 Å². The third-order valence-corrected chi connectivity index (χ3v) is 7.18. The predicted molar refractivity (Wildman–Crippen MR) is 131 cm³/mol. The number of benzene rings is 2. The molecule has 0 radical (unpaired) electrons. The molecule has 186 valence electrons. The Labute approximate surface area is 208 Å². The number of hydrogen-bond donors (Lipinski definition) is 2. The average Bonchev–Trinajstić information content (AvgIpc) is 3.14. The van der Waals surface area contributed by atoms with E-state index in [4.69, 9.17) is 0 Å². The maximum atomic E-state index is 13.4. The summed E-state index contributed by atoms with van der Waals surface area (Å²) in [5, 5.41) is 5.15. The fourth-order valence-corrected chi connectivity index (χ4v) is 5.41. The Hall–Kier alpha value is -4.01. The Kier molecular flexibility index (Phi) is 6.54. The van der Waals surface area contributed by atoms with Crippen LogP contribution in [0.5, 0.6) is 0 Å². The highest BCUT2D eigenvalue weighted by Crippen LogP contribution is 2.31. The number of nitrogens with zero attached hydrogens (tertiary/aromatic N) is 2.